The molecule has 7 nitrogen and oxygen atoms in total. The second-order valence-corrected chi connectivity index (χ2v) is 9.65. The molecular weight excluding hydrogens is 451 g/mol. The summed E-state index contributed by atoms with van der Waals surface area (Å²) in [6.45, 7) is 6.94. The Kier molecular flexibility index (Phi) is 6.40. The Hall–Kier alpha value is -3.14. The zero-order chi connectivity index (χ0) is 23.7. The summed E-state index contributed by atoms with van der Waals surface area (Å²) in [6, 6.07) is 14.3. The molecule has 9 heteroatoms. The van der Waals surface area contributed by atoms with Gasteiger partial charge in [-0.1, -0.05) is 11.3 Å². The number of benzene rings is 1. The van der Waals surface area contributed by atoms with Gasteiger partial charge in [0.15, 0.2) is 5.13 Å². The van der Waals surface area contributed by atoms with Crippen LogP contribution in [-0.2, 0) is 11.3 Å². The smallest absolute Gasteiger partial charge is 0.190 e. The Bertz CT molecular complexity index is 1270. The molecular formula is C25H27FN6OS. The Balaban J connectivity index is 1.30. The first-order valence-corrected chi connectivity index (χ1v) is 12.1. The van der Waals surface area contributed by atoms with E-state index in [1.807, 2.05) is 36.3 Å². The molecule has 5 rings (SSSR count). The van der Waals surface area contributed by atoms with E-state index in [0.29, 0.717) is 0 Å². The number of ether oxygens (including phenoxy) is 1. The molecule has 3 aromatic heterocycles. The number of nitrogens with one attached hydrogen (secondary N) is 1. The van der Waals surface area contributed by atoms with Crippen molar-refractivity contribution in [2.75, 3.05) is 30.4 Å². The number of halogens is 1. The van der Waals surface area contributed by atoms with Crippen molar-refractivity contribution in [2.24, 2.45) is 0 Å². The molecule has 1 aliphatic heterocycles. The van der Waals surface area contributed by atoms with Crippen LogP contribution in [0.25, 0.3) is 10.3 Å². The first-order chi connectivity index (χ1) is 16.4. The zero-order valence-corrected chi connectivity index (χ0v) is 20.2. The molecule has 0 aliphatic carbocycles. The van der Waals surface area contributed by atoms with Crippen LogP contribution in [-0.4, -0.2) is 52.2 Å². The van der Waals surface area contributed by atoms with Crippen LogP contribution in [0.3, 0.4) is 0 Å². The minimum absolute atomic E-state index is 0.241. The van der Waals surface area contributed by atoms with Crippen molar-refractivity contribution < 1.29 is 9.13 Å². The molecule has 0 saturated carbocycles. The molecule has 1 aromatic carbocycles. The van der Waals surface area contributed by atoms with Crippen LogP contribution in [0, 0.1) is 5.82 Å². The third-order valence-corrected chi connectivity index (χ3v) is 6.64. The van der Waals surface area contributed by atoms with Crippen LogP contribution in [0.2, 0.25) is 0 Å². The highest BCUT2D eigenvalue weighted by Crippen LogP contribution is 2.30. The second-order valence-electron chi connectivity index (χ2n) is 8.67. The fourth-order valence-electron chi connectivity index (χ4n) is 4.27. The summed E-state index contributed by atoms with van der Waals surface area (Å²) in [4.78, 5) is 19.1. The van der Waals surface area contributed by atoms with E-state index in [2.05, 4.69) is 40.1 Å². The number of pyridine rings is 2. The maximum absolute atomic E-state index is 13.3. The number of morpholine rings is 1. The van der Waals surface area contributed by atoms with Gasteiger partial charge in [0.2, 0.25) is 0 Å². The first-order valence-electron chi connectivity index (χ1n) is 11.3. The summed E-state index contributed by atoms with van der Waals surface area (Å²) in [5, 5.41) is 4.07. The van der Waals surface area contributed by atoms with E-state index in [9.17, 15) is 4.39 Å². The molecule has 176 valence electrons. The molecule has 0 amide bonds. The summed E-state index contributed by atoms with van der Waals surface area (Å²) >= 11 is 1.48. The van der Waals surface area contributed by atoms with Gasteiger partial charge in [-0.15, -0.1) is 0 Å². The van der Waals surface area contributed by atoms with E-state index in [1.54, 1.807) is 12.1 Å². The van der Waals surface area contributed by atoms with Crippen LogP contribution < -0.4 is 10.2 Å². The summed E-state index contributed by atoms with van der Waals surface area (Å²) in [6.07, 6.45) is 2.31. The van der Waals surface area contributed by atoms with E-state index >= 15 is 0 Å². The van der Waals surface area contributed by atoms with Gasteiger partial charge in [0.05, 0.1) is 12.2 Å². The lowest BCUT2D eigenvalue weighted by Gasteiger charge is -2.35. The first kappa shape index (κ1) is 22.6. The predicted octanol–water partition coefficient (Wildman–Crippen LogP) is 5.35. The topological polar surface area (TPSA) is 66.4 Å². The highest BCUT2D eigenvalue weighted by Gasteiger charge is 2.22. The molecule has 1 fully saturated rings. The molecule has 4 aromatic rings. The maximum atomic E-state index is 13.3. The SMILES string of the molecule is CC1CN(Cc2ccnc(Nc3nc4ccc(N(C)c5ccc(F)cc5)nc4s3)c2)CC(C)O1. The van der Waals surface area contributed by atoms with Crippen molar-refractivity contribution in [2.45, 2.75) is 32.6 Å². The van der Waals surface area contributed by atoms with Gasteiger partial charge in [0.25, 0.3) is 0 Å². The number of nitrogens with zero attached hydrogens (tertiary/aromatic N) is 5. The highest BCUT2D eigenvalue weighted by molar-refractivity contribution is 7.21. The Morgan fingerprint density at radius 3 is 2.62 bits per heavy atom. The van der Waals surface area contributed by atoms with E-state index in [4.69, 9.17) is 9.72 Å². The number of hydrogen-bond acceptors (Lipinski definition) is 8. The minimum atomic E-state index is -0.259. The molecule has 0 radical (unpaired) electrons. The lowest BCUT2D eigenvalue weighted by atomic mass is 10.2. The summed E-state index contributed by atoms with van der Waals surface area (Å²) in [5.41, 5.74) is 2.87. The molecule has 1 aliphatic rings. The van der Waals surface area contributed by atoms with Gasteiger partial charge < -0.3 is 15.0 Å². The third-order valence-electron chi connectivity index (χ3n) is 5.76. The number of hydrogen-bond donors (Lipinski definition) is 1. The van der Waals surface area contributed by atoms with E-state index in [0.717, 1.165) is 52.4 Å². The van der Waals surface area contributed by atoms with Crippen LogP contribution in [0.15, 0.2) is 54.7 Å². The average Bonchev–Trinajstić information content (AvgIpc) is 3.20. The van der Waals surface area contributed by atoms with Gasteiger partial charge in [0, 0.05) is 38.6 Å². The van der Waals surface area contributed by atoms with Crippen molar-refractivity contribution in [3.63, 3.8) is 0 Å². The Labute approximate surface area is 202 Å². The van der Waals surface area contributed by atoms with Gasteiger partial charge in [0.1, 0.15) is 27.8 Å². The van der Waals surface area contributed by atoms with Crippen LogP contribution in [0.4, 0.5) is 26.8 Å². The number of anilines is 4. The molecule has 0 spiro atoms. The van der Waals surface area contributed by atoms with Gasteiger partial charge in [-0.25, -0.2) is 19.3 Å². The molecule has 34 heavy (non-hydrogen) atoms. The number of rotatable bonds is 6. The normalized spacial score (nSPS) is 18.8. The predicted molar refractivity (Wildman–Crippen MR) is 135 cm³/mol. The molecule has 2 unspecified atom stereocenters. The lowest BCUT2D eigenvalue weighted by Crippen LogP contribution is -2.44. The van der Waals surface area contributed by atoms with Crippen molar-refractivity contribution >= 4 is 44.1 Å². The van der Waals surface area contributed by atoms with Gasteiger partial charge in [-0.05, 0) is 67.9 Å². The van der Waals surface area contributed by atoms with Crippen molar-refractivity contribution in [3.05, 3.63) is 66.1 Å². The fourth-order valence-corrected chi connectivity index (χ4v) is 5.11. The van der Waals surface area contributed by atoms with Crippen molar-refractivity contribution in [1.29, 1.82) is 0 Å². The summed E-state index contributed by atoms with van der Waals surface area (Å²) < 4.78 is 19.1. The largest absolute Gasteiger partial charge is 0.373 e. The quantitative estimate of drug-likeness (QED) is 0.401. The third kappa shape index (κ3) is 5.16. The van der Waals surface area contributed by atoms with Crippen LogP contribution in [0.5, 0.6) is 0 Å². The summed E-state index contributed by atoms with van der Waals surface area (Å²) in [5.74, 6) is 1.27. The van der Waals surface area contributed by atoms with Crippen molar-refractivity contribution in [3.8, 4) is 0 Å². The minimum Gasteiger partial charge on any atom is -0.373 e. The number of thiazole rings is 1. The van der Waals surface area contributed by atoms with Gasteiger partial charge in [-0.3, -0.25) is 4.90 Å². The monoisotopic (exact) mass is 478 g/mol. The van der Waals surface area contributed by atoms with E-state index in [-0.39, 0.29) is 18.0 Å². The van der Waals surface area contributed by atoms with Gasteiger partial charge >= 0.3 is 0 Å². The van der Waals surface area contributed by atoms with Gasteiger partial charge in [-0.2, -0.15) is 0 Å². The zero-order valence-electron chi connectivity index (χ0n) is 19.4. The van der Waals surface area contributed by atoms with Crippen LogP contribution in [0.1, 0.15) is 19.4 Å². The Morgan fingerprint density at radius 1 is 1.09 bits per heavy atom. The standard InChI is InChI=1S/C25H27FN6OS/c1-16-13-32(14-17(2)33-16)15-18-10-11-27-22(12-18)29-25-28-21-8-9-23(30-24(21)34-25)31(3)20-6-4-19(26)5-7-20/h4-12,16-17H,13-15H2,1-3H3,(H,27,28,29). The van der Waals surface area contributed by atoms with E-state index in [1.165, 1.54) is 29.0 Å². The van der Waals surface area contributed by atoms with Crippen LogP contribution >= 0.6 is 11.3 Å². The van der Waals surface area contributed by atoms with E-state index < -0.39 is 0 Å². The molecule has 1 saturated heterocycles. The molecule has 2 atom stereocenters. The van der Waals surface area contributed by atoms with Crippen molar-refractivity contribution in [1.82, 2.24) is 19.9 Å². The average molecular weight is 479 g/mol. The second kappa shape index (κ2) is 9.61. The number of aromatic nitrogens is 3. The lowest BCUT2D eigenvalue weighted by molar-refractivity contribution is -0.0704. The Morgan fingerprint density at radius 2 is 1.85 bits per heavy atom. The highest BCUT2D eigenvalue weighted by atomic mass is 32.1. The summed E-state index contributed by atoms with van der Waals surface area (Å²) in [7, 11) is 1.91. The fraction of sp³-hybridized carbons (Fsp3) is 0.320. The molecule has 4 heterocycles. The number of fused-ring (bicyclic) bond motifs is 1. The molecule has 0 bridgehead atoms. The maximum Gasteiger partial charge on any atom is 0.190 e. The molecule has 1 N–H and O–H groups in total.